The lowest BCUT2D eigenvalue weighted by molar-refractivity contribution is -0.00845. The van der Waals surface area contributed by atoms with E-state index < -0.39 is 5.82 Å². The maximum atomic E-state index is 13.0. The third kappa shape index (κ3) is 3.17. The van der Waals surface area contributed by atoms with Crippen molar-refractivity contribution in [3.8, 4) is 5.75 Å². The summed E-state index contributed by atoms with van der Waals surface area (Å²) in [5, 5.41) is 0. The van der Waals surface area contributed by atoms with Gasteiger partial charge >= 0.3 is 0 Å². The van der Waals surface area contributed by atoms with Crippen molar-refractivity contribution in [3.05, 3.63) is 42.7 Å². The van der Waals surface area contributed by atoms with Crippen molar-refractivity contribution >= 4 is 5.95 Å². The van der Waals surface area contributed by atoms with Gasteiger partial charge in [0.2, 0.25) is 5.95 Å². The first-order valence-electron chi connectivity index (χ1n) is 8.16. The SMILES string of the molecule is Fc1cnc(N2CCC[C@]3(C[C@@H](Oc4cccnc4)CO3)C2)nc1. The summed E-state index contributed by atoms with van der Waals surface area (Å²) in [5.41, 5.74) is -0.247. The van der Waals surface area contributed by atoms with Crippen molar-refractivity contribution < 1.29 is 13.9 Å². The summed E-state index contributed by atoms with van der Waals surface area (Å²) in [6.07, 6.45) is 8.65. The third-order valence-corrected chi connectivity index (χ3v) is 4.54. The molecule has 0 saturated carbocycles. The quantitative estimate of drug-likeness (QED) is 0.860. The van der Waals surface area contributed by atoms with E-state index in [-0.39, 0.29) is 11.7 Å². The second kappa shape index (κ2) is 6.32. The summed E-state index contributed by atoms with van der Waals surface area (Å²) < 4.78 is 25.1. The first-order valence-corrected chi connectivity index (χ1v) is 8.16. The lowest BCUT2D eigenvalue weighted by Gasteiger charge is -2.39. The van der Waals surface area contributed by atoms with Gasteiger partial charge in [-0.05, 0) is 25.0 Å². The van der Waals surface area contributed by atoms with Crippen LogP contribution in [-0.4, -0.2) is 46.4 Å². The van der Waals surface area contributed by atoms with E-state index in [4.69, 9.17) is 9.47 Å². The Morgan fingerprint density at radius 2 is 2.17 bits per heavy atom. The molecule has 0 aromatic carbocycles. The van der Waals surface area contributed by atoms with Crippen molar-refractivity contribution in [1.82, 2.24) is 15.0 Å². The zero-order valence-corrected chi connectivity index (χ0v) is 13.3. The molecule has 2 atom stereocenters. The summed E-state index contributed by atoms with van der Waals surface area (Å²) >= 11 is 0. The molecule has 4 heterocycles. The van der Waals surface area contributed by atoms with Crippen LogP contribution in [0.5, 0.6) is 5.75 Å². The van der Waals surface area contributed by atoms with Crippen LogP contribution in [0.3, 0.4) is 0 Å². The van der Waals surface area contributed by atoms with Crippen LogP contribution in [0.15, 0.2) is 36.9 Å². The van der Waals surface area contributed by atoms with E-state index in [0.29, 0.717) is 19.1 Å². The highest BCUT2D eigenvalue weighted by Gasteiger charge is 2.45. The Morgan fingerprint density at radius 1 is 1.29 bits per heavy atom. The fourth-order valence-corrected chi connectivity index (χ4v) is 3.51. The van der Waals surface area contributed by atoms with Gasteiger partial charge in [0, 0.05) is 25.7 Å². The molecule has 6 nitrogen and oxygen atoms in total. The van der Waals surface area contributed by atoms with Crippen LogP contribution in [0.2, 0.25) is 0 Å². The van der Waals surface area contributed by atoms with E-state index in [0.717, 1.165) is 31.6 Å². The molecule has 2 fully saturated rings. The molecule has 2 saturated heterocycles. The van der Waals surface area contributed by atoms with E-state index in [1.54, 1.807) is 12.4 Å². The van der Waals surface area contributed by atoms with Crippen LogP contribution in [-0.2, 0) is 4.74 Å². The van der Waals surface area contributed by atoms with Gasteiger partial charge in [-0.25, -0.2) is 14.4 Å². The second-order valence-corrected chi connectivity index (χ2v) is 6.35. The fourth-order valence-electron chi connectivity index (χ4n) is 3.51. The molecular weight excluding hydrogens is 311 g/mol. The molecule has 2 aliphatic heterocycles. The molecule has 24 heavy (non-hydrogen) atoms. The summed E-state index contributed by atoms with van der Waals surface area (Å²) in [5.74, 6) is 0.890. The first kappa shape index (κ1) is 15.3. The summed E-state index contributed by atoms with van der Waals surface area (Å²) in [6.45, 7) is 2.11. The van der Waals surface area contributed by atoms with Crippen molar-refractivity contribution in [2.45, 2.75) is 31.0 Å². The van der Waals surface area contributed by atoms with Gasteiger partial charge in [0.05, 0.1) is 30.8 Å². The largest absolute Gasteiger partial charge is 0.486 e. The van der Waals surface area contributed by atoms with Gasteiger partial charge in [-0.3, -0.25) is 4.98 Å². The van der Waals surface area contributed by atoms with E-state index in [1.807, 2.05) is 12.1 Å². The number of rotatable bonds is 3. The van der Waals surface area contributed by atoms with E-state index >= 15 is 0 Å². The van der Waals surface area contributed by atoms with Crippen molar-refractivity contribution in [3.63, 3.8) is 0 Å². The predicted octanol–water partition coefficient (Wildman–Crippen LogP) is 2.22. The van der Waals surface area contributed by atoms with Gasteiger partial charge in [0.1, 0.15) is 11.9 Å². The minimum absolute atomic E-state index is 0.0169. The maximum Gasteiger partial charge on any atom is 0.225 e. The zero-order chi connectivity index (χ0) is 16.4. The smallest absolute Gasteiger partial charge is 0.225 e. The van der Waals surface area contributed by atoms with Gasteiger partial charge in [-0.2, -0.15) is 0 Å². The van der Waals surface area contributed by atoms with Crippen LogP contribution in [0, 0.1) is 5.82 Å². The second-order valence-electron chi connectivity index (χ2n) is 6.35. The van der Waals surface area contributed by atoms with Crippen LogP contribution in [0.1, 0.15) is 19.3 Å². The number of hydrogen-bond donors (Lipinski definition) is 0. The number of halogens is 1. The van der Waals surface area contributed by atoms with Gasteiger partial charge in [0.25, 0.3) is 0 Å². The summed E-state index contributed by atoms with van der Waals surface area (Å²) in [6, 6.07) is 3.76. The van der Waals surface area contributed by atoms with Gasteiger partial charge < -0.3 is 14.4 Å². The van der Waals surface area contributed by atoms with Crippen LogP contribution < -0.4 is 9.64 Å². The molecule has 0 radical (unpaired) electrons. The molecule has 1 spiro atoms. The van der Waals surface area contributed by atoms with Gasteiger partial charge in [-0.15, -0.1) is 0 Å². The number of ether oxygens (including phenoxy) is 2. The molecular formula is C17H19FN4O2. The number of anilines is 1. The Balaban J connectivity index is 1.43. The van der Waals surface area contributed by atoms with E-state index in [2.05, 4.69) is 19.9 Å². The molecule has 4 rings (SSSR count). The Labute approximate surface area is 139 Å². The molecule has 0 N–H and O–H groups in total. The molecule has 0 bridgehead atoms. The Hall–Kier alpha value is -2.28. The van der Waals surface area contributed by atoms with Crippen LogP contribution >= 0.6 is 0 Å². The minimum atomic E-state index is -0.424. The maximum absolute atomic E-state index is 13.0. The number of pyridine rings is 1. The number of hydrogen-bond acceptors (Lipinski definition) is 6. The topological polar surface area (TPSA) is 60.4 Å². The molecule has 0 unspecified atom stereocenters. The summed E-state index contributed by atoms with van der Waals surface area (Å²) in [4.78, 5) is 14.3. The van der Waals surface area contributed by atoms with Gasteiger partial charge in [-0.1, -0.05) is 0 Å². The van der Waals surface area contributed by atoms with Gasteiger partial charge in [0.15, 0.2) is 5.82 Å². The Bertz CT molecular complexity index is 685. The fraction of sp³-hybridized carbons (Fsp3) is 0.471. The molecule has 2 aliphatic rings. The normalized spacial score (nSPS) is 26.7. The molecule has 2 aromatic heterocycles. The van der Waals surface area contributed by atoms with E-state index in [1.165, 1.54) is 12.4 Å². The van der Waals surface area contributed by atoms with Crippen LogP contribution in [0.4, 0.5) is 10.3 Å². The number of aromatic nitrogens is 3. The third-order valence-electron chi connectivity index (χ3n) is 4.54. The number of nitrogens with zero attached hydrogens (tertiary/aromatic N) is 4. The molecule has 7 heteroatoms. The average molecular weight is 330 g/mol. The first-order chi connectivity index (χ1) is 11.7. The van der Waals surface area contributed by atoms with Crippen molar-refractivity contribution in [1.29, 1.82) is 0 Å². The van der Waals surface area contributed by atoms with Crippen molar-refractivity contribution in [2.24, 2.45) is 0 Å². The van der Waals surface area contributed by atoms with Crippen molar-refractivity contribution in [2.75, 3.05) is 24.6 Å². The molecule has 0 amide bonds. The lowest BCUT2D eigenvalue weighted by Crippen LogP contribution is -2.48. The van der Waals surface area contributed by atoms with E-state index in [9.17, 15) is 4.39 Å². The molecule has 126 valence electrons. The summed E-state index contributed by atoms with van der Waals surface area (Å²) in [7, 11) is 0. The monoisotopic (exact) mass is 330 g/mol. The molecule has 0 aliphatic carbocycles. The standard InChI is InChI=1S/C17H19FN4O2/c18-13-8-20-16(21-9-13)22-6-2-4-17(12-22)7-15(11-23-17)24-14-3-1-5-19-10-14/h1,3,5,8-10,15H,2,4,6-7,11-12H2/t15-,17+/m1/s1. The predicted molar refractivity (Wildman–Crippen MR) is 85.4 cm³/mol. The van der Waals surface area contributed by atoms with Crippen LogP contribution in [0.25, 0.3) is 0 Å². The average Bonchev–Trinajstić information content (AvgIpc) is 2.98. The highest BCUT2D eigenvalue weighted by atomic mass is 19.1. The molecule has 2 aromatic rings. The highest BCUT2D eigenvalue weighted by Crippen LogP contribution is 2.36. The number of piperidine rings is 1. The Morgan fingerprint density at radius 3 is 2.96 bits per heavy atom. The zero-order valence-electron chi connectivity index (χ0n) is 13.3. The highest BCUT2D eigenvalue weighted by molar-refractivity contribution is 5.31. The lowest BCUT2D eigenvalue weighted by atomic mass is 9.89. The Kier molecular flexibility index (Phi) is 4.02. The minimum Gasteiger partial charge on any atom is -0.486 e.